The lowest BCUT2D eigenvalue weighted by atomic mass is 10.1. The molecule has 0 aliphatic rings. The minimum atomic E-state index is 0.825. The first-order chi connectivity index (χ1) is 6.04. The van der Waals surface area contributed by atoms with Gasteiger partial charge in [-0.3, -0.25) is 0 Å². The molecular formula is C12H28N+. The maximum absolute atomic E-state index is 2.39. The number of hydrogen-bond acceptors (Lipinski definition) is 0. The zero-order chi connectivity index (χ0) is 10.3. The Morgan fingerprint density at radius 2 is 1.54 bits per heavy atom. The first-order valence-corrected chi connectivity index (χ1v) is 5.87. The van der Waals surface area contributed by atoms with Gasteiger partial charge in [0.05, 0.1) is 26.7 Å². The van der Waals surface area contributed by atoms with Crippen molar-refractivity contribution in [1.29, 1.82) is 0 Å². The summed E-state index contributed by atoms with van der Waals surface area (Å²) >= 11 is 0. The molecule has 0 aliphatic heterocycles. The van der Waals surface area contributed by atoms with Crippen LogP contribution in [0.15, 0.2) is 0 Å². The molecule has 0 aromatic carbocycles. The van der Waals surface area contributed by atoms with E-state index in [0.29, 0.717) is 0 Å². The van der Waals surface area contributed by atoms with E-state index in [2.05, 4.69) is 34.9 Å². The molecular weight excluding hydrogens is 158 g/mol. The van der Waals surface area contributed by atoms with Crippen LogP contribution in [0.5, 0.6) is 0 Å². The second-order valence-electron chi connectivity index (χ2n) is 4.85. The molecule has 0 N–H and O–H groups in total. The molecule has 0 fully saturated rings. The lowest BCUT2D eigenvalue weighted by molar-refractivity contribution is -0.913. The Kier molecular flexibility index (Phi) is 6.40. The summed E-state index contributed by atoms with van der Waals surface area (Å²) in [5.74, 6) is 0. The van der Waals surface area contributed by atoms with Gasteiger partial charge in [-0.1, -0.05) is 26.7 Å². The monoisotopic (exact) mass is 186 g/mol. The fourth-order valence-electron chi connectivity index (χ4n) is 1.64. The van der Waals surface area contributed by atoms with Crippen molar-refractivity contribution in [3.05, 3.63) is 0 Å². The van der Waals surface area contributed by atoms with Crippen LogP contribution in [0.3, 0.4) is 0 Å². The van der Waals surface area contributed by atoms with E-state index in [1.54, 1.807) is 0 Å². The molecule has 0 spiro atoms. The molecule has 1 heteroatoms. The third kappa shape index (κ3) is 5.30. The van der Waals surface area contributed by atoms with E-state index in [0.717, 1.165) is 6.04 Å². The van der Waals surface area contributed by atoms with Gasteiger partial charge in [0.15, 0.2) is 0 Å². The van der Waals surface area contributed by atoms with Crippen LogP contribution < -0.4 is 0 Å². The van der Waals surface area contributed by atoms with Crippen LogP contribution in [0, 0.1) is 0 Å². The van der Waals surface area contributed by atoms with E-state index in [9.17, 15) is 0 Å². The van der Waals surface area contributed by atoms with E-state index in [4.69, 9.17) is 0 Å². The molecule has 13 heavy (non-hydrogen) atoms. The van der Waals surface area contributed by atoms with Crippen molar-refractivity contribution in [2.75, 3.05) is 20.6 Å². The first-order valence-electron chi connectivity index (χ1n) is 5.87. The molecule has 0 aromatic heterocycles. The zero-order valence-corrected chi connectivity index (χ0v) is 10.3. The molecule has 80 valence electrons. The van der Waals surface area contributed by atoms with Crippen LogP contribution in [0.1, 0.15) is 52.9 Å². The summed E-state index contributed by atoms with van der Waals surface area (Å²) in [6.45, 7) is 8.28. The molecule has 0 rings (SSSR count). The van der Waals surface area contributed by atoms with E-state index >= 15 is 0 Å². The van der Waals surface area contributed by atoms with Crippen molar-refractivity contribution in [2.45, 2.75) is 58.9 Å². The van der Waals surface area contributed by atoms with Gasteiger partial charge >= 0.3 is 0 Å². The molecule has 0 bridgehead atoms. The Bertz CT molecular complexity index is 118. The summed E-state index contributed by atoms with van der Waals surface area (Å²) < 4.78 is 1.20. The van der Waals surface area contributed by atoms with Gasteiger partial charge in [0.1, 0.15) is 0 Å². The van der Waals surface area contributed by atoms with Crippen molar-refractivity contribution in [1.82, 2.24) is 0 Å². The summed E-state index contributed by atoms with van der Waals surface area (Å²) in [4.78, 5) is 0. The van der Waals surface area contributed by atoms with Crippen LogP contribution in [0.2, 0.25) is 0 Å². The average Bonchev–Trinajstić information content (AvgIpc) is 2.10. The second kappa shape index (κ2) is 6.42. The van der Waals surface area contributed by atoms with Crippen molar-refractivity contribution in [2.24, 2.45) is 0 Å². The molecule has 0 aromatic rings. The fourth-order valence-corrected chi connectivity index (χ4v) is 1.64. The van der Waals surface area contributed by atoms with Crippen LogP contribution >= 0.6 is 0 Å². The quantitative estimate of drug-likeness (QED) is 0.534. The smallest absolute Gasteiger partial charge is 0.0857 e. The Labute approximate surface area is 84.7 Å². The van der Waals surface area contributed by atoms with Gasteiger partial charge in [0, 0.05) is 0 Å². The Morgan fingerprint density at radius 1 is 1.00 bits per heavy atom. The van der Waals surface area contributed by atoms with Crippen LogP contribution in [0.25, 0.3) is 0 Å². The third-order valence-electron chi connectivity index (χ3n) is 3.26. The largest absolute Gasteiger partial charge is 0.326 e. The highest BCUT2D eigenvalue weighted by Gasteiger charge is 2.21. The van der Waals surface area contributed by atoms with E-state index in [1.165, 1.54) is 43.1 Å². The maximum Gasteiger partial charge on any atom is 0.0857 e. The molecule has 0 amide bonds. The highest BCUT2D eigenvalue weighted by molar-refractivity contribution is 4.51. The minimum absolute atomic E-state index is 0.825. The topological polar surface area (TPSA) is 0 Å². The van der Waals surface area contributed by atoms with Gasteiger partial charge in [-0.15, -0.1) is 0 Å². The number of hydrogen-bond donors (Lipinski definition) is 0. The van der Waals surface area contributed by atoms with E-state index < -0.39 is 0 Å². The summed E-state index contributed by atoms with van der Waals surface area (Å²) in [5.41, 5.74) is 0. The molecule has 1 unspecified atom stereocenters. The standard InChI is InChI=1S/C12H28N/c1-6-8-10-12(3)13(4,5)11-9-7-2/h12H,6-11H2,1-5H3/q+1. The Morgan fingerprint density at radius 3 is 2.00 bits per heavy atom. The van der Waals surface area contributed by atoms with Gasteiger partial charge in [-0.25, -0.2) is 0 Å². The summed E-state index contributed by atoms with van der Waals surface area (Å²) in [6.07, 6.45) is 6.78. The molecule has 1 nitrogen and oxygen atoms in total. The molecule has 0 radical (unpaired) electrons. The third-order valence-corrected chi connectivity index (χ3v) is 3.26. The van der Waals surface area contributed by atoms with Crippen molar-refractivity contribution in [3.63, 3.8) is 0 Å². The minimum Gasteiger partial charge on any atom is -0.326 e. The van der Waals surface area contributed by atoms with Crippen LogP contribution in [0.4, 0.5) is 0 Å². The van der Waals surface area contributed by atoms with Gasteiger partial charge < -0.3 is 4.48 Å². The highest BCUT2D eigenvalue weighted by Crippen LogP contribution is 2.14. The van der Waals surface area contributed by atoms with Gasteiger partial charge in [0.25, 0.3) is 0 Å². The van der Waals surface area contributed by atoms with E-state index in [1.807, 2.05) is 0 Å². The predicted molar refractivity (Wildman–Crippen MR) is 60.9 cm³/mol. The molecule has 0 saturated heterocycles. The van der Waals surface area contributed by atoms with Crippen molar-refractivity contribution < 1.29 is 4.48 Å². The normalized spacial score (nSPS) is 14.5. The molecule has 0 aliphatic carbocycles. The SMILES string of the molecule is CCCCC(C)[N+](C)(C)CCCC. The Balaban J connectivity index is 3.80. The van der Waals surface area contributed by atoms with Crippen molar-refractivity contribution in [3.8, 4) is 0 Å². The number of nitrogens with zero attached hydrogens (tertiary/aromatic N) is 1. The second-order valence-corrected chi connectivity index (χ2v) is 4.85. The predicted octanol–water partition coefficient (Wildman–Crippen LogP) is 3.44. The zero-order valence-electron chi connectivity index (χ0n) is 10.3. The average molecular weight is 186 g/mol. The Hall–Kier alpha value is -0.0400. The fraction of sp³-hybridized carbons (Fsp3) is 1.00. The molecule has 0 saturated carbocycles. The number of rotatable bonds is 7. The summed E-state index contributed by atoms with van der Waals surface area (Å²) in [7, 11) is 4.74. The summed E-state index contributed by atoms with van der Waals surface area (Å²) in [6, 6.07) is 0.825. The van der Waals surface area contributed by atoms with Crippen molar-refractivity contribution >= 4 is 0 Å². The maximum atomic E-state index is 2.39. The molecule has 1 atom stereocenters. The lowest BCUT2D eigenvalue weighted by Crippen LogP contribution is -2.47. The van der Waals surface area contributed by atoms with Crippen LogP contribution in [-0.4, -0.2) is 31.2 Å². The number of quaternary nitrogens is 1. The molecule has 0 heterocycles. The van der Waals surface area contributed by atoms with Gasteiger partial charge in [-0.05, 0) is 26.2 Å². The lowest BCUT2D eigenvalue weighted by Gasteiger charge is -2.36. The first kappa shape index (κ1) is 13.0. The van der Waals surface area contributed by atoms with E-state index in [-0.39, 0.29) is 0 Å². The van der Waals surface area contributed by atoms with Gasteiger partial charge in [-0.2, -0.15) is 0 Å². The van der Waals surface area contributed by atoms with Gasteiger partial charge in [0.2, 0.25) is 0 Å². The summed E-state index contributed by atoms with van der Waals surface area (Å²) in [5, 5.41) is 0. The highest BCUT2D eigenvalue weighted by atomic mass is 15.3. The number of unbranched alkanes of at least 4 members (excludes halogenated alkanes) is 2. The van der Waals surface area contributed by atoms with Crippen LogP contribution in [-0.2, 0) is 0 Å².